The number of rotatable bonds is 3. The maximum Gasteiger partial charge on any atom is 0.417 e. The minimum atomic E-state index is -4.46. The van der Waals surface area contributed by atoms with Crippen LogP contribution in [0.2, 0.25) is 0 Å². The minimum absolute atomic E-state index is 0.0620. The van der Waals surface area contributed by atoms with Crippen LogP contribution in [0.15, 0.2) is 30.6 Å². The van der Waals surface area contributed by atoms with Crippen molar-refractivity contribution < 1.29 is 13.2 Å². The van der Waals surface area contributed by atoms with Gasteiger partial charge in [-0.15, -0.1) is 10.2 Å². The Hall–Kier alpha value is -2.22. The number of nitrogens with zero attached hydrogens (tertiary/aromatic N) is 3. The molecule has 0 unspecified atom stereocenters. The Morgan fingerprint density at radius 1 is 1.23 bits per heavy atom. The predicted octanol–water partition coefficient (Wildman–Crippen LogP) is 3.36. The number of fused-ring (bicyclic) bond motifs is 1. The summed E-state index contributed by atoms with van der Waals surface area (Å²) >= 11 is 0. The largest absolute Gasteiger partial charge is 0.417 e. The van der Waals surface area contributed by atoms with Gasteiger partial charge in [0.05, 0.1) is 11.3 Å². The number of halogens is 3. The first-order valence-corrected chi connectivity index (χ1v) is 8.68. The van der Waals surface area contributed by atoms with Crippen molar-refractivity contribution >= 4 is 5.82 Å². The summed E-state index contributed by atoms with van der Waals surface area (Å²) in [6.07, 6.45) is -0.0430. The number of aromatic nitrogens is 3. The molecule has 0 bridgehead atoms. The lowest BCUT2D eigenvalue weighted by atomic mass is 9.83. The van der Waals surface area contributed by atoms with E-state index >= 15 is 0 Å². The highest BCUT2D eigenvalue weighted by Gasteiger charge is 2.46. The Morgan fingerprint density at radius 3 is 2.77 bits per heavy atom. The van der Waals surface area contributed by atoms with Crippen LogP contribution in [-0.2, 0) is 6.18 Å². The maximum absolute atomic E-state index is 13.1. The van der Waals surface area contributed by atoms with E-state index < -0.39 is 11.7 Å². The van der Waals surface area contributed by atoms with E-state index in [9.17, 15) is 13.2 Å². The molecule has 2 N–H and O–H groups in total. The zero-order valence-corrected chi connectivity index (χ0v) is 14.3. The molecule has 0 radical (unpaired) electrons. The zero-order chi connectivity index (χ0) is 18.4. The second-order valence-electron chi connectivity index (χ2n) is 7.49. The summed E-state index contributed by atoms with van der Waals surface area (Å²) in [5.74, 6) is 1.24. The van der Waals surface area contributed by atoms with Gasteiger partial charge in [-0.3, -0.25) is 4.98 Å². The smallest absolute Gasteiger partial charge is 0.366 e. The van der Waals surface area contributed by atoms with Gasteiger partial charge in [0.1, 0.15) is 5.82 Å². The lowest BCUT2D eigenvalue weighted by Gasteiger charge is -2.22. The number of hydrogen-bond donors (Lipinski definition) is 2. The first-order valence-electron chi connectivity index (χ1n) is 8.68. The summed E-state index contributed by atoms with van der Waals surface area (Å²) < 4.78 is 39.4. The van der Waals surface area contributed by atoms with Gasteiger partial charge < -0.3 is 10.6 Å². The number of nitrogens with one attached hydrogen (secondary N) is 2. The van der Waals surface area contributed by atoms with Crippen molar-refractivity contribution in [2.24, 2.45) is 11.3 Å². The fraction of sp³-hybridized carbons (Fsp3) is 0.500. The van der Waals surface area contributed by atoms with Crippen LogP contribution in [0.4, 0.5) is 19.0 Å². The van der Waals surface area contributed by atoms with E-state index in [0.717, 1.165) is 38.2 Å². The lowest BCUT2D eigenvalue weighted by Crippen LogP contribution is -2.25. The van der Waals surface area contributed by atoms with Crippen LogP contribution < -0.4 is 10.6 Å². The summed E-state index contributed by atoms with van der Waals surface area (Å²) in [4.78, 5) is 3.79. The van der Waals surface area contributed by atoms with Crippen molar-refractivity contribution in [1.29, 1.82) is 0 Å². The van der Waals surface area contributed by atoms with E-state index in [1.54, 1.807) is 12.1 Å². The number of pyridine rings is 1. The molecule has 0 spiro atoms. The van der Waals surface area contributed by atoms with Crippen molar-refractivity contribution in [3.63, 3.8) is 0 Å². The summed E-state index contributed by atoms with van der Waals surface area (Å²) in [5.41, 5.74) is -0.350. The molecule has 1 aliphatic heterocycles. The van der Waals surface area contributed by atoms with Crippen LogP contribution in [0.5, 0.6) is 0 Å². The van der Waals surface area contributed by atoms with E-state index in [2.05, 4.69) is 32.7 Å². The number of hydrogen-bond acceptors (Lipinski definition) is 5. The van der Waals surface area contributed by atoms with E-state index in [0.29, 0.717) is 23.2 Å². The molecule has 1 saturated carbocycles. The third-order valence-electron chi connectivity index (χ3n) is 5.61. The van der Waals surface area contributed by atoms with Crippen LogP contribution in [0.3, 0.4) is 0 Å². The molecule has 5 nitrogen and oxygen atoms in total. The standard InChI is InChI=1S/C18H20F3N5/c1-17-7-12(6-11(17)8-23-10-17)24-16-3-2-15(25-26-16)13-9-22-5-4-14(13)18(19,20)21/h2-5,9,11-12,23H,6-8,10H2,1H3,(H,24,26)/t11-,12+,17+/m1/s1. The monoisotopic (exact) mass is 363 g/mol. The van der Waals surface area contributed by atoms with E-state index in [1.807, 2.05) is 0 Å². The molecule has 4 rings (SSSR count). The molecule has 1 saturated heterocycles. The van der Waals surface area contributed by atoms with Crippen LogP contribution in [0, 0.1) is 11.3 Å². The highest BCUT2D eigenvalue weighted by atomic mass is 19.4. The van der Waals surface area contributed by atoms with E-state index in [4.69, 9.17) is 0 Å². The first kappa shape index (κ1) is 17.2. The van der Waals surface area contributed by atoms with Gasteiger partial charge in [0, 0.05) is 30.5 Å². The molecule has 26 heavy (non-hydrogen) atoms. The summed E-state index contributed by atoms with van der Waals surface area (Å²) in [6.45, 7) is 4.37. The third-order valence-corrected chi connectivity index (χ3v) is 5.61. The summed E-state index contributed by atoms with van der Waals surface area (Å²) in [6, 6.07) is 4.51. The molecule has 138 valence electrons. The minimum Gasteiger partial charge on any atom is -0.366 e. The van der Waals surface area contributed by atoms with Crippen LogP contribution >= 0.6 is 0 Å². The molecular weight excluding hydrogens is 343 g/mol. The Kier molecular flexibility index (Phi) is 4.10. The molecule has 0 aromatic carbocycles. The summed E-state index contributed by atoms with van der Waals surface area (Å²) in [5, 5.41) is 14.9. The molecular formula is C18H20F3N5. The van der Waals surface area contributed by atoms with Crippen molar-refractivity contribution in [3.8, 4) is 11.3 Å². The normalized spacial score (nSPS) is 28.2. The van der Waals surface area contributed by atoms with Gasteiger partial charge in [-0.05, 0) is 48.9 Å². The quantitative estimate of drug-likeness (QED) is 0.876. The van der Waals surface area contributed by atoms with Crippen molar-refractivity contribution in [3.05, 3.63) is 36.2 Å². The summed E-state index contributed by atoms with van der Waals surface area (Å²) in [7, 11) is 0. The van der Waals surface area contributed by atoms with Gasteiger partial charge in [0.25, 0.3) is 0 Å². The van der Waals surface area contributed by atoms with Gasteiger partial charge in [0.2, 0.25) is 0 Å². The Labute approximate surface area is 149 Å². The second-order valence-corrected chi connectivity index (χ2v) is 7.49. The second kappa shape index (κ2) is 6.19. The molecule has 2 aromatic heterocycles. The highest BCUT2D eigenvalue weighted by Crippen LogP contribution is 2.46. The zero-order valence-electron chi connectivity index (χ0n) is 14.3. The molecule has 8 heteroatoms. The van der Waals surface area contributed by atoms with Gasteiger partial charge in [0.15, 0.2) is 0 Å². The SMILES string of the molecule is C[C@]12CNC[C@H]1C[C@H](Nc1ccc(-c3cnccc3C(F)(F)F)nn1)C2. The van der Waals surface area contributed by atoms with Crippen LogP contribution in [0.1, 0.15) is 25.3 Å². The van der Waals surface area contributed by atoms with E-state index in [1.165, 1.54) is 6.20 Å². The fourth-order valence-corrected chi connectivity index (χ4v) is 4.24. The van der Waals surface area contributed by atoms with E-state index in [-0.39, 0.29) is 11.3 Å². The molecule has 0 amide bonds. The van der Waals surface area contributed by atoms with Crippen molar-refractivity contribution in [2.75, 3.05) is 18.4 Å². The fourth-order valence-electron chi connectivity index (χ4n) is 4.24. The number of alkyl halides is 3. The average molecular weight is 363 g/mol. The van der Waals surface area contributed by atoms with Crippen LogP contribution in [-0.4, -0.2) is 34.3 Å². The van der Waals surface area contributed by atoms with Crippen molar-refractivity contribution in [1.82, 2.24) is 20.5 Å². The molecule has 2 aromatic rings. The Morgan fingerprint density at radius 2 is 2.08 bits per heavy atom. The Bertz CT molecular complexity index is 792. The molecule has 3 atom stereocenters. The van der Waals surface area contributed by atoms with Gasteiger partial charge >= 0.3 is 6.18 Å². The number of anilines is 1. The van der Waals surface area contributed by atoms with Gasteiger partial charge in [-0.1, -0.05) is 6.92 Å². The molecule has 3 heterocycles. The topological polar surface area (TPSA) is 62.7 Å². The predicted molar refractivity (Wildman–Crippen MR) is 91.4 cm³/mol. The third kappa shape index (κ3) is 3.13. The van der Waals surface area contributed by atoms with Crippen molar-refractivity contribution in [2.45, 2.75) is 32.0 Å². The lowest BCUT2D eigenvalue weighted by molar-refractivity contribution is -0.137. The molecule has 1 aliphatic carbocycles. The van der Waals surface area contributed by atoms with Crippen LogP contribution in [0.25, 0.3) is 11.3 Å². The maximum atomic E-state index is 13.1. The average Bonchev–Trinajstić information content (AvgIpc) is 3.09. The Balaban J connectivity index is 1.50. The highest BCUT2D eigenvalue weighted by molar-refractivity contribution is 5.63. The van der Waals surface area contributed by atoms with Gasteiger partial charge in [-0.25, -0.2) is 0 Å². The first-order chi connectivity index (χ1) is 12.4. The molecule has 2 fully saturated rings. The molecule has 2 aliphatic rings. The van der Waals surface area contributed by atoms with Gasteiger partial charge in [-0.2, -0.15) is 13.2 Å².